The molecule has 2 amide bonds. The Balaban J connectivity index is 1.44. The summed E-state index contributed by atoms with van der Waals surface area (Å²) in [6.07, 6.45) is 16.1. The van der Waals surface area contributed by atoms with Crippen LogP contribution in [-0.2, 0) is 9.59 Å². The van der Waals surface area contributed by atoms with Gasteiger partial charge in [-0.3, -0.25) is 9.59 Å². The van der Waals surface area contributed by atoms with Crippen LogP contribution >= 0.6 is 0 Å². The maximum Gasteiger partial charge on any atom is 0.224 e. The summed E-state index contributed by atoms with van der Waals surface area (Å²) in [7, 11) is 0. The maximum absolute atomic E-state index is 12.4. The Kier molecular flexibility index (Phi) is 8.38. The van der Waals surface area contributed by atoms with Gasteiger partial charge >= 0.3 is 0 Å². The van der Waals surface area contributed by atoms with Crippen LogP contribution in [0.25, 0.3) is 0 Å². The van der Waals surface area contributed by atoms with Crippen LogP contribution in [-0.4, -0.2) is 11.8 Å². The minimum atomic E-state index is 0.0504. The second-order valence-electron chi connectivity index (χ2n) is 8.73. The largest absolute Gasteiger partial charge is 0.324 e. The summed E-state index contributed by atoms with van der Waals surface area (Å²) in [4.78, 5) is 24.8. The number of hydrogen-bond acceptors (Lipinski definition) is 2. The summed E-state index contributed by atoms with van der Waals surface area (Å²) in [5.41, 5.74) is 1.42. The molecule has 0 atom stereocenters. The number of anilines is 2. The summed E-state index contributed by atoms with van der Waals surface area (Å²) in [5.74, 6) is 1.51. The second kappa shape index (κ2) is 11.2. The van der Waals surface area contributed by atoms with Crippen LogP contribution in [0.1, 0.15) is 89.9 Å². The number of nitrogens with one attached hydrogen (secondary N) is 2. The fraction of sp³-hybridized carbons (Fsp3) is 0.667. The normalized spacial score (nSPS) is 18.6. The maximum atomic E-state index is 12.4. The molecule has 2 saturated carbocycles. The van der Waals surface area contributed by atoms with Crippen LogP contribution in [0.2, 0.25) is 0 Å². The number of rotatable bonds is 8. The Bertz CT molecular complexity index is 576. The average Bonchev–Trinajstić information content (AvgIpc) is 2.74. The van der Waals surface area contributed by atoms with E-state index in [0.29, 0.717) is 36.1 Å². The van der Waals surface area contributed by atoms with Gasteiger partial charge in [0.15, 0.2) is 0 Å². The molecule has 28 heavy (non-hydrogen) atoms. The van der Waals surface area contributed by atoms with E-state index in [1.54, 1.807) is 0 Å². The number of para-hydroxylation sites is 2. The molecule has 4 heteroatoms. The molecule has 2 fully saturated rings. The third-order valence-electron chi connectivity index (χ3n) is 6.48. The Labute approximate surface area is 169 Å². The van der Waals surface area contributed by atoms with Gasteiger partial charge < -0.3 is 10.6 Å². The number of carbonyl (C=O) groups is 2. The molecule has 1 aromatic rings. The highest BCUT2D eigenvalue weighted by Crippen LogP contribution is 2.29. The first kappa shape index (κ1) is 20.9. The van der Waals surface area contributed by atoms with Crippen molar-refractivity contribution in [2.45, 2.75) is 89.9 Å². The molecule has 0 bridgehead atoms. The van der Waals surface area contributed by atoms with Crippen molar-refractivity contribution in [3.8, 4) is 0 Å². The Morgan fingerprint density at radius 3 is 1.46 bits per heavy atom. The number of hydrogen-bond donors (Lipinski definition) is 2. The van der Waals surface area contributed by atoms with E-state index in [0.717, 1.165) is 12.8 Å². The summed E-state index contributed by atoms with van der Waals surface area (Å²) in [6.45, 7) is 0. The molecule has 1 aromatic carbocycles. The molecule has 2 aliphatic carbocycles. The average molecular weight is 385 g/mol. The summed E-state index contributed by atoms with van der Waals surface area (Å²) in [5, 5.41) is 6.01. The van der Waals surface area contributed by atoms with Crippen LogP contribution in [0, 0.1) is 11.8 Å². The first-order valence-electron chi connectivity index (χ1n) is 11.4. The lowest BCUT2D eigenvalue weighted by Gasteiger charge is -2.21. The van der Waals surface area contributed by atoms with Crippen LogP contribution < -0.4 is 10.6 Å². The van der Waals surface area contributed by atoms with Gasteiger partial charge in [-0.05, 0) is 36.8 Å². The van der Waals surface area contributed by atoms with E-state index in [1.165, 1.54) is 64.2 Å². The van der Waals surface area contributed by atoms with Gasteiger partial charge in [-0.15, -0.1) is 0 Å². The van der Waals surface area contributed by atoms with Crippen LogP contribution in [0.4, 0.5) is 11.4 Å². The van der Waals surface area contributed by atoms with E-state index in [9.17, 15) is 9.59 Å². The van der Waals surface area contributed by atoms with E-state index < -0.39 is 0 Å². The zero-order chi connectivity index (χ0) is 19.6. The van der Waals surface area contributed by atoms with Crippen molar-refractivity contribution in [2.24, 2.45) is 11.8 Å². The smallest absolute Gasteiger partial charge is 0.224 e. The molecule has 0 radical (unpaired) electrons. The SMILES string of the molecule is O=C(CCC1CCCCC1)Nc1ccccc1NC(=O)CCC1CCCCC1. The summed E-state index contributed by atoms with van der Waals surface area (Å²) < 4.78 is 0. The van der Waals surface area contributed by atoms with Gasteiger partial charge in [-0.2, -0.15) is 0 Å². The standard InChI is InChI=1S/C24H36N2O2/c27-23(17-15-19-9-3-1-4-10-19)25-21-13-7-8-14-22(21)26-24(28)18-16-20-11-5-2-6-12-20/h7-8,13-14,19-20H,1-6,9-12,15-18H2,(H,25,27)(H,26,28). The minimum absolute atomic E-state index is 0.0504. The minimum Gasteiger partial charge on any atom is -0.324 e. The Morgan fingerprint density at radius 1 is 0.679 bits per heavy atom. The van der Waals surface area contributed by atoms with Gasteiger partial charge in [0.1, 0.15) is 0 Å². The first-order chi connectivity index (χ1) is 13.7. The lowest BCUT2D eigenvalue weighted by Crippen LogP contribution is -2.18. The highest BCUT2D eigenvalue weighted by atomic mass is 16.2. The fourth-order valence-electron chi connectivity index (χ4n) is 4.75. The number of carbonyl (C=O) groups excluding carboxylic acids is 2. The highest BCUT2D eigenvalue weighted by Gasteiger charge is 2.17. The van der Waals surface area contributed by atoms with Crippen molar-refractivity contribution in [1.29, 1.82) is 0 Å². The van der Waals surface area contributed by atoms with Crippen LogP contribution in [0.3, 0.4) is 0 Å². The topological polar surface area (TPSA) is 58.2 Å². The molecule has 0 aliphatic heterocycles. The molecule has 3 rings (SSSR count). The van der Waals surface area contributed by atoms with Crippen LogP contribution in [0.15, 0.2) is 24.3 Å². The zero-order valence-electron chi connectivity index (χ0n) is 17.2. The van der Waals surface area contributed by atoms with Gasteiger partial charge in [0.2, 0.25) is 11.8 Å². The molecular formula is C24H36N2O2. The third-order valence-corrected chi connectivity index (χ3v) is 6.48. The molecule has 0 spiro atoms. The Hall–Kier alpha value is -1.84. The van der Waals surface area contributed by atoms with Crippen molar-refractivity contribution in [3.05, 3.63) is 24.3 Å². The van der Waals surface area contributed by atoms with Gasteiger partial charge in [0.05, 0.1) is 11.4 Å². The molecule has 2 N–H and O–H groups in total. The molecule has 154 valence electrons. The van der Waals surface area contributed by atoms with E-state index in [4.69, 9.17) is 0 Å². The van der Waals surface area contributed by atoms with Crippen molar-refractivity contribution in [1.82, 2.24) is 0 Å². The van der Waals surface area contributed by atoms with Gasteiger partial charge in [0.25, 0.3) is 0 Å². The predicted molar refractivity (Wildman–Crippen MR) is 115 cm³/mol. The molecule has 0 saturated heterocycles. The molecule has 2 aliphatic rings. The molecule has 4 nitrogen and oxygen atoms in total. The molecule has 0 aromatic heterocycles. The van der Waals surface area contributed by atoms with E-state index in [1.807, 2.05) is 24.3 Å². The van der Waals surface area contributed by atoms with Gasteiger partial charge in [-0.25, -0.2) is 0 Å². The lowest BCUT2D eigenvalue weighted by molar-refractivity contribution is -0.117. The predicted octanol–water partition coefficient (Wildman–Crippen LogP) is 6.28. The quantitative estimate of drug-likeness (QED) is 0.554. The lowest BCUT2D eigenvalue weighted by atomic mass is 9.86. The molecule has 0 heterocycles. The van der Waals surface area contributed by atoms with Crippen molar-refractivity contribution in [3.63, 3.8) is 0 Å². The Morgan fingerprint density at radius 2 is 1.07 bits per heavy atom. The summed E-state index contributed by atoms with van der Waals surface area (Å²) in [6, 6.07) is 7.54. The van der Waals surface area contributed by atoms with Crippen molar-refractivity contribution in [2.75, 3.05) is 10.6 Å². The zero-order valence-corrected chi connectivity index (χ0v) is 17.2. The van der Waals surface area contributed by atoms with Crippen LogP contribution in [0.5, 0.6) is 0 Å². The fourth-order valence-corrected chi connectivity index (χ4v) is 4.75. The molecular weight excluding hydrogens is 348 g/mol. The number of benzene rings is 1. The highest BCUT2D eigenvalue weighted by molar-refractivity contribution is 5.99. The number of amides is 2. The van der Waals surface area contributed by atoms with E-state index in [2.05, 4.69) is 10.6 Å². The van der Waals surface area contributed by atoms with Crippen molar-refractivity contribution < 1.29 is 9.59 Å². The van der Waals surface area contributed by atoms with E-state index >= 15 is 0 Å². The second-order valence-corrected chi connectivity index (χ2v) is 8.73. The third kappa shape index (κ3) is 6.96. The van der Waals surface area contributed by atoms with Gasteiger partial charge in [0, 0.05) is 12.8 Å². The van der Waals surface area contributed by atoms with Gasteiger partial charge in [-0.1, -0.05) is 76.3 Å². The first-order valence-corrected chi connectivity index (χ1v) is 11.4. The van der Waals surface area contributed by atoms with E-state index in [-0.39, 0.29) is 11.8 Å². The monoisotopic (exact) mass is 384 g/mol. The summed E-state index contributed by atoms with van der Waals surface area (Å²) >= 11 is 0. The molecule has 0 unspecified atom stereocenters. The van der Waals surface area contributed by atoms with Crippen molar-refractivity contribution >= 4 is 23.2 Å².